The molecular weight excluding hydrogens is 302 g/mol. The third kappa shape index (κ3) is 3.37. The van der Waals surface area contributed by atoms with Crippen LogP contribution in [0, 0.1) is 6.92 Å². The molecule has 2 rings (SSSR count). The average Bonchev–Trinajstić information content (AvgIpc) is 2.41. The van der Waals surface area contributed by atoms with Gasteiger partial charge in [-0.15, -0.1) is 0 Å². The maximum absolute atomic E-state index is 6.29. The van der Waals surface area contributed by atoms with Crippen LogP contribution >= 0.6 is 15.9 Å². The Hall–Kier alpha value is -1.32. The van der Waals surface area contributed by atoms with Gasteiger partial charge in [-0.05, 0) is 58.1 Å². The van der Waals surface area contributed by atoms with E-state index in [1.54, 1.807) is 7.11 Å². The van der Waals surface area contributed by atoms with Gasteiger partial charge in [0.2, 0.25) is 0 Å². The Labute approximate surface area is 122 Å². The number of hydrogen-bond acceptors (Lipinski definition) is 2. The molecule has 0 radical (unpaired) electrons. The van der Waals surface area contributed by atoms with Gasteiger partial charge in [0, 0.05) is 6.04 Å². The fourth-order valence-corrected chi connectivity index (χ4v) is 2.67. The molecular formula is C16H18BrNO. The highest BCUT2D eigenvalue weighted by Crippen LogP contribution is 2.28. The lowest BCUT2D eigenvalue weighted by molar-refractivity contribution is 0.412. The second-order valence-corrected chi connectivity index (χ2v) is 5.49. The quantitative estimate of drug-likeness (QED) is 0.924. The van der Waals surface area contributed by atoms with Crippen molar-refractivity contribution in [3.05, 3.63) is 63.6 Å². The van der Waals surface area contributed by atoms with Gasteiger partial charge in [-0.2, -0.15) is 0 Å². The van der Waals surface area contributed by atoms with E-state index in [1.807, 2.05) is 24.3 Å². The molecule has 2 aromatic carbocycles. The van der Waals surface area contributed by atoms with Crippen molar-refractivity contribution < 1.29 is 4.74 Å². The summed E-state index contributed by atoms with van der Waals surface area (Å²) in [5.74, 6) is 0.826. The lowest BCUT2D eigenvalue weighted by atomic mass is 9.97. The minimum absolute atomic E-state index is 0.0108. The molecule has 0 saturated carbocycles. The monoisotopic (exact) mass is 319 g/mol. The standard InChI is InChI=1S/C16H18BrNO/c1-11-5-3-4-6-12(11)10-15(18)13-7-8-16(19-2)14(17)9-13/h3-9,15H,10,18H2,1-2H3. The van der Waals surface area contributed by atoms with Gasteiger partial charge in [-0.1, -0.05) is 30.3 Å². The molecule has 0 saturated heterocycles. The van der Waals surface area contributed by atoms with Gasteiger partial charge in [0.1, 0.15) is 5.75 Å². The summed E-state index contributed by atoms with van der Waals surface area (Å²) in [7, 11) is 1.66. The van der Waals surface area contributed by atoms with Crippen molar-refractivity contribution in [2.24, 2.45) is 5.73 Å². The summed E-state index contributed by atoms with van der Waals surface area (Å²) in [6.07, 6.45) is 0.839. The fourth-order valence-electron chi connectivity index (χ4n) is 2.11. The number of rotatable bonds is 4. The Kier molecular flexibility index (Phi) is 4.61. The van der Waals surface area contributed by atoms with Crippen LogP contribution in [-0.4, -0.2) is 7.11 Å². The third-order valence-corrected chi connectivity index (χ3v) is 3.92. The van der Waals surface area contributed by atoms with E-state index in [4.69, 9.17) is 10.5 Å². The first-order valence-electron chi connectivity index (χ1n) is 6.25. The van der Waals surface area contributed by atoms with Gasteiger partial charge in [-0.3, -0.25) is 0 Å². The number of nitrogens with two attached hydrogens (primary N) is 1. The molecule has 2 N–H and O–H groups in total. The molecule has 19 heavy (non-hydrogen) atoms. The number of hydrogen-bond donors (Lipinski definition) is 1. The van der Waals surface area contributed by atoms with Gasteiger partial charge >= 0.3 is 0 Å². The molecule has 3 heteroatoms. The number of halogens is 1. The molecule has 0 heterocycles. The van der Waals surface area contributed by atoms with E-state index in [0.717, 1.165) is 22.2 Å². The molecule has 2 aromatic rings. The summed E-state index contributed by atoms with van der Waals surface area (Å²) in [5.41, 5.74) is 9.98. The highest BCUT2D eigenvalue weighted by Gasteiger charge is 2.10. The van der Waals surface area contributed by atoms with Gasteiger partial charge < -0.3 is 10.5 Å². The van der Waals surface area contributed by atoms with E-state index in [1.165, 1.54) is 11.1 Å². The van der Waals surface area contributed by atoms with Gasteiger partial charge in [0.25, 0.3) is 0 Å². The first kappa shape index (κ1) is 14.1. The van der Waals surface area contributed by atoms with E-state index >= 15 is 0 Å². The van der Waals surface area contributed by atoms with Crippen molar-refractivity contribution in [2.45, 2.75) is 19.4 Å². The van der Waals surface area contributed by atoms with Crippen LogP contribution in [0.25, 0.3) is 0 Å². The molecule has 0 aliphatic rings. The first-order valence-corrected chi connectivity index (χ1v) is 7.04. The fraction of sp³-hybridized carbons (Fsp3) is 0.250. The number of ether oxygens (including phenoxy) is 1. The van der Waals surface area contributed by atoms with Gasteiger partial charge in [0.05, 0.1) is 11.6 Å². The van der Waals surface area contributed by atoms with Crippen LogP contribution in [0.2, 0.25) is 0 Å². The van der Waals surface area contributed by atoms with Crippen LogP contribution in [0.5, 0.6) is 5.75 Å². The molecule has 0 aromatic heterocycles. The second-order valence-electron chi connectivity index (χ2n) is 4.63. The summed E-state index contributed by atoms with van der Waals surface area (Å²) in [6.45, 7) is 2.12. The van der Waals surface area contributed by atoms with E-state index in [9.17, 15) is 0 Å². The van der Waals surface area contributed by atoms with Crippen LogP contribution in [0.3, 0.4) is 0 Å². The van der Waals surface area contributed by atoms with Crippen LogP contribution in [0.1, 0.15) is 22.7 Å². The lowest BCUT2D eigenvalue weighted by Gasteiger charge is -2.15. The molecule has 100 valence electrons. The summed E-state index contributed by atoms with van der Waals surface area (Å²) in [5, 5.41) is 0. The second kappa shape index (κ2) is 6.22. The molecule has 2 nitrogen and oxygen atoms in total. The Morgan fingerprint density at radius 3 is 2.58 bits per heavy atom. The Morgan fingerprint density at radius 2 is 1.95 bits per heavy atom. The average molecular weight is 320 g/mol. The Morgan fingerprint density at radius 1 is 1.21 bits per heavy atom. The smallest absolute Gasteiger partial charge is 0.133 e. The highest BCUT2D eigenvalue weighted by atomic mass is 79.9. The summed E-state index contributed by atoms with van der Waals surface area (Å²) < 4.78 is 6.17. The molecule has 0 bridgehead atoms. The number of benzene rings is 2. The largest absolute Gasteiger partial charge is 0.496 e. The van der Waals surface area contributed by atoms with Crippen LogP contribution in [0.15, 0.2) is 46.9 Å². The lowest BCUT2D eigenvalue weighted by Crippen LogP contribution is -2.14. The van der Waals surface area contributed by atoms with Gasteiger partial charge in [0.15, 0.2) is 0 Å². The Balaban J connectivity index is 2.18. The van der Waals surface area contributed by atoms with Crippen LogP contribution < -0.4 is 10.5 Å². The number of aryl methyl sites for hydroxylation is 1. The van der Waals surface area contributed by atoms with Crippen molar-refractivity contribution in [1.29, 1.82) is 0 Å². The van der Waals surface area contributed by atoms with Crippen molar-refractivity contribution in [1.82, 2.24) is 0 Å². The molecule has 0 aliphatic carbocycles. The van der Waals surface area contributed by atoms with Crippen LogP contribution in [-0.2, 0) is 6.42 Å². The molecule has 0 aliphatic heterocycles. The SMILES string of the molecule is COc1ccc(C(N)Cc2ccccc2C)cc1Br. The predicted octanol–water partition coefficient (Wildman–Crippen LogP) is 4.01. The third-order valence-electron chi connectivity index (χ3n) is 3.31. The van der Waals surface area contributed by atoms with E-state index in [-0.39, 0.29) is 6.04 Å². The highest BCUT2D eigenvalue weighted by molar-refractivity contribution is 9.10. The predicted molar refractivity (Wildman–Crippen MR) is 82.5 cm³/mol. The van der Waals surface area contributed by atoms with Crippen molar-refractivity contribution in [3.8, 4) is 5.75 Å². The zero-order valence-corrected chi connectivity index (χ0v) is 12.8. The molecule has 1 atom stereocenters. The van der Waals surface area contributed by atoms with Crippen molar-refractivity contribution >= 4 is 15.9 Å². The van der Waals surface area contributed by atoms with Crippen molar-refractivity contribution in [3.63, 3.8) is 0 Å². The van der Waals surface area contributed by atoms with E-state index in [2.05, 4.69) is 41.1 Å². The molecule has 0 spiro atoms. The maximum atomic E-state index is 6.29. The van der Waals surface area contributed by atoms with Crippen molar-refractivity contribution in [2.75, 3.05) is 7.11 Å². The minimum atomic E-state index is -0.0108. The zero-order chi connectivity index (χ0) is 13.8. The number of methoxy groups -OCH3 is 1. The minimum Gasteiger partial charge on any atom is -0.496 e. The molecule has 0 fully saturated rings. The maximum Gasteiger partial charge on any atom is 0.133 e. The summed E-state index contributed by atoms with van der Waals surface area (Å²) in [4.78, 5) is 0. The van der Waals surface area contributed by atoms with Crippen LogP contribution in [0.4, 0.5) is 0 Å². The first-order chi connectivity index (χ1) is 9.11. The summed E-state index contributed by atoms with van der Waals surface area (Å²) >= 11 is 3.49. The summed E-state index contributed by atoms with van der Waals surface area (Å²) in [6, 6.07) is 14.3. The Bertz CT molecular complexity index is 568. The molecule has 1 unspecified atom stereocenters. The van der Waals surface area contributed by atoms with E-state index in [0.29, 0.717) is 0 Å². The topological polar surface area (TPSA) is 35.2 Å². The van der Waals surface area contributed by atoms with Gasteiger partial charge in [-0.25, -0.2) is 0 Å². The zero-order valence-electron chi connectivity index (χ0n) is 11.2. The normalized spacial score (nSPS) is 12.2. The van der Waals surface area contributed by atoms with E-state index < -0.39 is 0 Å². The molecule has 0 amide bonds.